The quantitative estimate of drug-likeness (QED) is 0.727. The van der Waals surface area contributed by atoms with Gasteiger partial charge >= 0.3 is 0 Å². The van der Waals surface area contributed by atoms with E-state index in [0.29, 0.717) is 5.11 Å². The highest BCUT2D eigenvalue weighted by Gasteiger charge is 2.09. The van der Waals surface area contributed by atoms with Crippen LogP contribution in [0.1, 0.15) is 30.5 Å². The molecule has 0 saturated carbocycles. The van der Waals surface area contributed by atoms with Crippen LogP contribution in [0.2, 0.25) is 0 Å². The van der Waals surface area contributed by atoms with E-state index in [-0.39, 0.29) is 6.61 Å². The summed E-state index contributed by atoms with van der Waals surface area (Å²) in [6.45, 7) is 4.26. The second-order valence-corrected chi connectivity index (χ2v) is 5.46. The van der Waals surface area contributed by atoms with Crippen LogP contribution in [0.25, 0.3) is 0 Å². The molecule has 4 heteroatoms. The SMILES string of the molecule is CCc1cccc(CC)c1NC(=S)Nc1ccccc1CO. The van der Waals surface area contributed by atoms with Crippen LogP contribution in [-0.4, -0.2) is 10.2 Å². The maximum Gasteiger partial charge on any atom is 0.175 e. The Bertz CT molecular complexity index is 633. The lowest BCUT2D eigenvalue weighted by Crippen LogP contribution is -2.21. The van der Waals surface area contributed by atoms with E-state index < -0.39 is 0 Å². The molecule has 0 aliphatic rings. The van der Waals surface area contributed by atoms with Crippen molar-refractivity contribution in [2.24, 2.45) is 0 Å². The molecule has 116 valence electrons. The van der Waals surface area contributed by atoms with Gasteiger partial charge < -0.3 is 15.7 Å². The number of aliphatic hydroxyl groups is 1. The van der Waals surface area contributed by atoms with Crippen LogP contribution in [0.5, 0.6) is 0 Å². The number of hydrogen-bond acceptors (Lipinski definition) is 2. The van der Waals surface area contributed by atoms with Crippen molar-refractivity contribution in [1.82, 2.24) is 0 Å². The predicted octanol–water partition coefficient (Wildman–Crippen LogP) is 4.11. The third-order valence-corrected chi connectivity index (χ3v) is 3.88. The third kappa shape index (κ3) is 3.84. The topological polar surface area (TPSA) is 44.3 Å². The summed E-state index contributed by atoms with van der Waals surface area (Å²) in [5.74, 6) is 0. The number of aryl methyl sites for hydroxylation is 2. The molecule has 2 rings (SSSR count). The molecule has 3 nitrogen and oxygen atoms in total. The summed E-state index contributed by atoms with van der Waals surface area (Å²) >= 11 is 5.44. The smallest absolute Gasteiger partial charge is 0.175 e. The molecule has 0 aliphatic heterocycles. The van der Waals surface area contributed by atoms with E-state index in [0.717, 1.165) is 29.8 Å². The Morgan fingerprint density at radius 1 is 0.909 bits per heavy atom. The minimum atomic E-state index is -0.0163. The average Bonchev–Trinajstić information content (AvgIpc) is 2.55. The van der Waals surface area contributed by atoms with Crippen molar-refractivity contribution < 1.29 is 5.11 Å². The molecule has 0 atom stereocenters. The summed E-state index contributed by atoms with van der Waals surface area (Å²) in [5.41, 5.74) is 5.24. The number of benzene rings is 2. The van der Waals surface area contributed by atoms with Gasteiger partial charge in [-0.05, 0) is 42.3 Å². The maximum absolute atomic E-state index is 9.38. The van der Waals surface area contributed by atoms with Gasteiger partial charge in [-0.1, -0.05) is 50.2 Å². The van der Waals surface area contributed by atoms with Gasteiger partial charge in [-0.3, -0.25) is 0 Å². The van der Waals surface area contributed by atoms with E-state index in [2.05, 4.69) is 42.7 Å². The number of rotatable bonds is 5. The van der Waals surface area contributed by atoms with Crippen LogP contribution in [0.4, 0.5) is 11.4 Å². The van der Waals surface area contributed by atoms with Crippen molar-refractivity contribution in [3.05, 3.63) is 59.2 Å². The second-order valence-electron chi connectivity index (χ2n) is 5.05. The Balaban J connectivity index is 2.19. The van der Waals surface area contributed by atoms with Crippen molar-refractivity contribution in [3.63, 3.8) is 0 Å². The summed E-state index contributed by atoms with van der Waals surface area (Å²) in [7, 11) is 0. The fourth-order valence-electron chi connectivity index (χ4n) is 2.45. The molecule has 2 aromatic carbocycles. The van der Waals surface area contributed by atoms with Gasteiger partial charge in [-0.15, -0.1) is 0 Å². The molecule has 0 saturated heterocycles. The summed E-state index contributed by atoms with van der Waals surface area (Å²) in [6.07, 6.45) is 1.90. The Labute approximate surface area is 137 Å². The highest BCUT2D eigenvalue weighted by Crippen LogP contribution is 2.23. The first-order valence-corrected chi connectivity index (χ1v) is 7.97. The van der Waals surface area contributed by atoms with Gasteiger partial charge in [0.2, 0.25) is 0 Å². The molecular formula is C18H22N2OS. The molecule has 0 fully saturated rings. The van der Waals surface area contributed by atoms with E-state index in [1.54, 1.807) is 0 Å². The zero-order valence-corrected chi connectivity index (χ0v) is 13.8. The molecule has 2 aromatic rings. The van der Waals surface area contributed by atoms with Crippen molar-refractivity contribution in [1.29, 1.82) is 0 Å². The van der Waals surface area contributed by atoms with E-state index >= 15 is 0 Å². The molecule has 0 heterocycles. The van der Waals surface area contributed by atoms with Gasteiger partial charge in [0.05, 0.1) is 6.61 Å². The van der Waals surface area contributed by atoms with Gasteiger partial charge in [0, 0.05) is 16.9 Å². The lowest BCUT2D eigenvalue weighted by molar-refractivity contribution is 0.282. The number of anilines is 2. The summed E-state index contributed by atoms with van der Waals surface area (Å²) < 4.78 is 0. The molecule has 0 amide bonds. The van der Waals surface area contributed by atoms with E-state index in [9.17, 15) is 5.11 Å². The van der Waals surface area contributed by atoms with Gasteiger partial charge in [0.15, 0.2) is 5.11 Å². The van der Waals surface area contributed by atoms with Crippen LogP contribution < -0.4 is 10.6 Å². The van der Waals surface area contributed by atoms with E-state index in [1.807, 2.05) is 24.3 Å². The number of aliphatic hydroxyl groups excluding tert-OH is 1. The molecule has 0 aromatic heterocycles. The van der Waals surface area contributed by atoms with Gasteiger partial charge in [0.25, 0.3) is 0 Å². The lowest BCUT2D eigenvalue weighted by Gasteiger charge is -2.18. The van der Waals surface area contributed by atoms with Crippen LogP contribution in [0, 0.1) is 0 Å². The van der Waals surface area contributed by atoms with Gasteiger partial charge in [-0.25, -0.2) is 0 Å². The van der Waals surface area contributed by atoms with Crippen LogP contribution in [0.15, 0.2) is 42.5 Å². The largest absolute Gasteiger partial charge is 0.392 e. The maximum atomic E-state index is 9.38. The van der Waals surface area contributed by atoms with Gasteiger partial charge in [-0.2, -0.15) is 0 Å². The Morgan fingerprint density at radius 2 is 1.50 bits per heavy atom. The lowest BCUT2D eigenvalue weighted by atomic mass is 10.0. The van der Waals surface area contributed by atoms with Gasteiger partial charge in [0.1, 0.15) is 0 Å². The Morgan fingerprint density at radius 3 is 2.09 bits per heavy atom. The van der Waals surface area contributed by atoms with Crippen molar-refractivity contribution in [2.75, 3.05) is 10.6 Å². The average molecular weight is 314 g/mol. The van der Waals surface area contributed by atoms with Crippen LogP contribution >= 0.6 is 12.2 Å². The summed E-state index contributed by atoms with van der Waals surface area (Å²) in [6, 6.07) is 13.9. The van der Waals surface area contributed by atoms with Crippen molar-refractivity contribution in [2.45, 2.75) is 33.3 Å². The standard InChI is InChI=1S/C18H22N2OS/c1-3-13-9-7-10-14(4-2)17(13)20-18(22)19-16-11-6-5-8-15(16)12-21/h5-11,21H,3-4,12H2,1-2H3,(H2,19,20,22). The predicted molar refractivity (Wildman–Crippen MR) is 97.4 cm³/mol. The Kier molecular flexibility index (Phi) is 5.92. The van der Waals surface area contributed by atoms with Crippen LogP contribution in [-0.2, 0) is 19.4 Å². The Hall–Kier alpha value is -1.91. The first kappa shape index (κ1) is 16.5. The fraction of sp³-hybridized carbons (Fsp3) is 0.278. The zero-order chi connectivity index (χ0) is 15.9. The molecule has 0 bridgehead atoms. The van der Waals surface area contributed by atoms with Crippen LogP contribution in [0.3, 0.4) is 0 Å². The molecule has 3 N–H and O–H groups in total. The summed E-state index contributed by atoms with van der Waals surface area (Å²) in [4.78, 5) is 0. The minimum Gasteiger partial charge on any atom is -0.392 e. The fourth-order valence-corrected chi connectivity index (χ4v) is 2.66. The third-order valence-electron chi connectivity index (χ3n) is 3.67. The molecule has 0 spiro atoms. The molecule has 22 heavy (non-hydrogen) atoms. The monoisotopic (exact) mass is 314 g/mol. The first-order valence-electron chi connectivity index (χ1n) is 7.57. The highest BCUT2D eigenvalue weighted by molar-refractivity contribution is 7.80. The number of nitrogens with one attached hydrogen (secondary N) is 2. The van der Waals surface area contributed by atoms with E-state index in [4.69, 9.17) is 12.2 Å². The van der Waals surface area contributed by atoms with E-state index in [1.165, 1.54) is 11.1 Å². The highest BCUT2D eigenvalue weighted by atomic mass is 32.1. The molecule has 0 radical (unpaired) electrons. The molecular weight excluding hydrogens is 292 g/mol. The number of hydrogen-bond donors (Lipinski definition) is 3. The number of para-hydroxylation sites is 2. The van der Waals surface area contributed by atoms with Crippen molar-refractivity contribution in [3.8, 4) is 0 Å². The zero-order valence-electron chi connectivity index (χ0n) is 13.0. The molecule has 0 aliphatic carbocycles. The second kappa shape index (κ2) is 7.92. The number of thiocarbonyl (C=S) groups is 1. The normalized spacial score (nSPS) is 10.3. The minimum absolute atomic E-state index is 0.0163. The molecule has 0 unspecified atom stereocenters. The first-order chi connectivity index (χ1) is 10.7. The summed E-state index contributed by atoms with van der Waals surface area (Å²) in [5, 5.41) is 16.4. The van der Waals surface area contributed by atoms with Crippen molar-refractivity contribution >= 4 is 28.7 Å².